The summed E-state index contributed by atoms with van der Waals surface area (Å²) in [4.78, 5) is 13.6. The van der Waals surface area contributed by atoms with Crippen molar-refractivity contribution in [1.82, 2.24) is 10.2 Å². The van der Waals surface area contributed by atoms with Crippen LogP contribution in [0, 0.1) is 0 Å². The van der Waals surface area contributed by atoms with Gasteiger partial charge < -0.3 is 15.0 Å². The first kappa shape index (κ1) is 16.7. The molecule has 0 aliphatic heterocycles. The first-order valence-electron chi connectivity index (χ1n) is 6.06. The molecule has 0 fully saturated rings. The summed E-state index contributed by atoms with van der Waals surface area (Å²) in [5.74, 6) is 0. The summed E-state index contributed by atoms with van der Waals surface area (Å²) in [6, 6.07) is 0. The molecule has 0 rings (SSSR count). The maximum Gasteiger partial charge on any atom is 0.407 e. The van der Waals surface area contributed by atoms with Crippen molar-refractivity contribution in [3.8, 4) is 0 Å². The average molecular weight is 309 g/mol. The molecular formula is C12H25BrN2O2. The SMILES string of the molecule is CN(CCCBr)CCCNC(=O)OC(C)(C)C. The number of rotatable bonds is 7. The van der Waals surface area contributed by atoms with Crippen LogP contribution in [0.2, 0.25) is 0 Å². The molecule has 17 heavy (non-hydrogen) atoms. The number of ether oxygens (including phenoxy) is 1. The zero-order valence-electron chi connectivity index (χ0n) is 11.4. The van der Waals surface area contributed by atoms with E-state index in [0.717, 1.165) is 31.3 Å². The Labute approximate surface area is 113 Å². The van der Waals surface area contributed by atoms with Crippen molar-refractivity contribution >= 4 is 22.0 Å². The van der Waals surface area contributed by atoms with E-state index in [0.29, 0.717) is 6.54 Å². The molecule has 0 aliphatic carbocycles. The summed E-state index contributed by atoms with van der Waals surface area (Å²) in [6.45, 7) is 8.32. The van der Waals surface area contributed by atoms with Gasteiger partial charge in [-0.15, -0.1) is 0 Å². The fraction of sp³-hybridized carbons (Fsp3) is 0.917. The van der Waals surface area contributed by atoms with E-state index in [1.807, 2.05) is 20.8 Å². The number of nitrogens with zero attached hydrogens (tertiary/aromatic N) is 1. The van der Waals surface area contributed by atoms with Crippen LogP contribution in [0.4, 0.5) is 4.79 Å². The Hall–Kier alpha value is -0.290. The van der Waals surface area contributed by atoms with E-state index in [1.54, 1.807) is 0 Å². The van der Waals surface area contributed by atoms with Gasteiger partial charge in [0.25, 0.3) is 0 Å². The maximum atomic E-state index is 11.3. The summed E-state index contributed by atoms with van der Waals surface area (Å²) in [7, 11) is 2.09. The standard InChI is InChI=1S/C12H25BrN2O2/c1-12(2,3)17-11(16)14-8-6-10-15(4)9-5-7-13/h5-10H2,1-4H3,(H,14,16). The second-order valence-corrected chi connectivity index (χ2v) is 5.92. The van der Waals surface area contributed by atoms with Crippen LogP contribution in [0.3, 0.4) is 0 Å². The highest BCUT2D eigenvalue weighted by Gasteiger charge is 2.15. The molecular weight excluding hydrogens is 284 g/mol. The molecule has 0 atom stereocenters. The molecule has 1 N–H and O–H groups in total. The van der Waals surface area contributed by atoms with E-state index in [1.165, 1.54) is 0 Å². The van der Waals surface area contributed by atoms with Crippen LogP contribution in [0.15, 0.2) is 0 Å². The number of nitrogens with one attached hydrogen (secondary N) is 1. The largest absolute Gasteiger partial charge is 0.444 e. The molecule has 0 aromatic rings. The Kier molecular flexibility index (Phi) is 8.60. The van der Waals surface area contributed by atoms with E-state index in [-0.39, 0.29) is 6.09 Å². The van der Waals surface area contributed by atoms with Crippen LogP contribution in [0.5, 0.6) is 0 Å². The number of alkyl halides is 1. The van der Waals surface area contributed by atoms with Crippen LogP contribution < -0.4 is 5.32 Å². The van der Waals surface area contributed by atoms with Gasteiger partial charge in [0.15, 0.2) is 0 Å². The summed E-state index contributed by atoms with van der Waals surface area (Å²) in [5.41, 5.74) is -0.420. The van der Waals surface area contributed by atoms with E-state index in [4.69, 9.17) is 4.74 Å². The number of alkyl carbamates (subject to hydrolysis) is 1. The molecule has 4 nitrogen and oxygen atoms in total. The Morgan fingerprint density at radius 2 is 1.88 bits per heavy atom. The molecule has 102 valence electrons. The van der Waals surface area contributed by atoms with Crippen molar-refractivity contribution in [3.05, 3.63) is 0 Å². The van der Waals surface area contributed by atoms with Crippen molar-refractivity contribution in [2.75, 3.05) is 32.0 Å². The molecule has 0 heterocycles. The number of halogens is 1. The quantitative estimate of drug-likeness (QED) is 0.580. The smallest absolute Gasteiger partial charge is 0.407 e. The van der Waals surface area contributed by atoms with Gasteiger partial charge in [0.1, 0.15) is 5.60 Å². The van der Waals surface area contributed by atoms with Gasteiger partial charge in [-0.25, -0.2) is 4.79 Å². The lowest BCUT2D eigenvalue weighted by atomic mass is 10.2. The van der Waals surface area contributed by atoms with E-state index in [2.05, 4.69) is 33.2 Å². The van der Waals surface area contributed by atoms with Gasteiger partial charge in [0, 0.05) is 11.9 Å². The van der Waals surface area contributed by atoms with Crippen molar-refractivity contribution in [2.45, 2.75) is 39.2 Å². The molecule has 0 spiro atoms. The minimum atomic E-state index is -0.420. The molecule has 0 unspecified atom stereocenters. The number of carbonyl (C=O) groups excluding carboxylic acids is 1. The van der Waals surface area contributed by atoms with E-state index < -0.39 is 5.60 Å². The van der Waals surface area contributed by atoms with Crippen molar-refractivity contribution < 1.29 is 9.53 Å². The number of amides is 1. The van der Waals surface area contributed by atoms with Crippen molar-refractivity contribution in [1.29, 1.82) is 0 Å². The highest BCUT2D eigenvalue weighted by atomic mass is 79.9. The molecule has 0 aliphatic rings. The Morgan fingerprint density at radius 3 is 2.41 bits per heavy atom. The van der Waals surface area contributed by atoms with Gasteiger partial charge in [0.05, 0.1) is 0 Å². The highest BCUT2D eigenvalue weighted by Crippen LogP contribution is 2.06. The van der Waals surface area contributed by atoms with Gasteiger partial charge >= 0.3 is 6.09 Å². The third-order valence-corrected chi connectivity index (χ3v) is 2.62. The molecule has 0 aromatic heterocycles. The minimum absolute atomic E-state index is 0.333. The Balaban J connectivity index is 3.48. The third kappa shape index (κ3) is 12.0. The lowest BCUT2D eigenvalue weighted by molar-refractivity contribution is 0.0526. The number of hydrogen-bond acceptors (Lipinski definition) is 3. The summed E-state index contributed by atoms with van der Waals surface area (Å²) in [5, 5.41) is 3.79. The monoisotopic (exact) mass is 308 g/mol. The van der Waals surface area contributed by atoms with Gasteiger partial charge in [-0.2, -0.15) is 0 Å². The lowest BCUT2D eigenvalue weighted by Gasteiger charge is -2.20. The minimum Gasteiger partial charge on any atom is -0.444 e. The molecule has 0 bridgehead atoms. The highest BCUT2D eigenvalue weighted by molar-refractivity contribution is 9.09. The summed E-state index contributed by atoms with van der Waals surface area (Å²) in [6.07, 6.45) is 1.76. The molecule has 5 heteroatoms. The number of carbonyl (C=O) groups is 1. The van der Waals surface area contributed by atoms with Crippen LogP contribution in [-0.4, -0.2) is 48.6 Å². The predicted octanol–water partition coefficient (Wildman–Crippen LogP) is 2.62. The molecule has 0 radical (unpaired) electrons. The second-order valence-electron chi connectivity index (χ2n) is 5.13. The van der Waals surface area contributed by atoms with Crippen LogP contribution in [0.1, 0.15) is 33.6 Å². The summed E-state index contributed by atoms with van der Waals surface area (Å²) >= 11 is 3.41. The zero-order valence-corrected chi connectivity index (χ0v) is 13.0. The second kappa shape index (κ2) is 8.75. The van der Waals surface area contributed by atoms with Crippen molar-refractivity contribution in [3.63, 3.8) is 0 Å². The molecule has 0 saturated heterocycles. The van der Waals surface area contributed by atoms with Crippen LogP contribution in [0.25, 0.3) is 0 Å². The maximum absolute atomic E-state index is 11.3. The van der Waals surface area contributed by atoms with Gasteiger partial charge in [-0.1, -0.05) is 15.9 Å². The van der Waals surface area contributed by atoms with E-state index in [9.17, 15) is 4.79 Å². The first-order chi connectivity index (χ1) is 7.85. The summed E-state index contributed by atoms with van der Waals surface area (Å²) < 4.78 is 5.14. The van der Waals surface area contributed by atoms with Gasteiger partial charge in [0.2, 0.25) is 0 Å². The molecule has 0 aromatic carbocycles. The first-order valence-corrected chi connectivity index (χ1v) is 7.18. The van der Waals surface area contributed by atoms with Crippen LogP contribution in [-0.2, 0) is 4.74 Å². The predicted molar refractivity (Wildman–Crippen MR) is 74.8 cm³/mol. The number of hydrogen-bond donors (Lipinski definition) is 1. The topological polar surface area (TPSA) is 41.6 Å². The third-order valence-electron chi connectivity index (χ3n) is 2.06. The fourth-order valence-electron chi connectivity index (χ4n) is 1.30. The van der Waals surface area contributed by atoms with Crippen LogP contribution >= 0.6 is 15.9 Å². The van der Waals surface area contributed by atoms with Gasteiger partial charge in [-0.3, -0.25) is 0 Å². The normalized spacial score (nSPS) is 11.6. The zero-order chi connectivity index (χ0) is 13.3. The lowest BCUT2D eigenvalue weighted by Crippen LogP contribution is -2.34. The Bertz CT molecular complexity index is 217. The molecule has 1 amide bonds. The Morgan fingerprint density at radius 1 is 1.29 bits per heavy atom. The fourth-order valence-corrected chi connectivity index (χ4v) is 1.55. The van der Waals surface area contributed by atoms with Gasteiger partial charge in [-0.05, 0) is 53.8 Å². The van der Waals surface area contributed by atoms with Crippen molar-refractivity contribution in [2.24, 2.45) is 0 Å². The van der Waals surface area contributed by atoms with E-state index >= 15 is 0 Å². The molecule has 0 saturated carbocycles. The average Bonchev–Trinajstić information content (AvgIpc) is 2.19.